The summed E-state index contributed by atoms with van der Waals surface area (Å²) in [6.45, 7) is 4.00. The molecule has 18 heavy (non-hydrogen) atoms. The van der Waals surface area contributed by atoms with E-state index >= 15 is 0 Å². The van der Waals surface area contributed by atoms with Gasteiger partial charge in [-0.2, -0.15) is 0 Å². The van der Waals surface area contributed by atoms with Crippen LogP contribution in [0, 0.1) is 0 Å². The highest BCUT2D eigenvalue weighted by Gasteiger charge is 2.13. The number of nitrogens with two attached hydrogens (primary N) is 2. The normalized spacial score (nSPS) is 14.0. The van der Waals surface area contributed by atoms with Crippen LogP contribution in [-0.2, 0) is 4.79 Å². The van der Waals surface area contributed by atoms with Crippen molar-refractivity contribution in [3.05, 3.63) is 36.0 Å². The molecule has 0 rings (SSSR count). The van der Waals surface area contributed by atoms with Gasteiger partial charge in [-0.25, -0.2) is 9.79 Å². The molecule has 5 N–H and O–H groups in total. The third kappa shape index (κ3) is 7.27. The van der Waals surface area contributed by atoms with Crippen LogP contribution in [0.2, 0.25) is 0 Å². The molecule has 100 valence electrons. The molecule has 0 aliphatic carbocycles. The van der Waals surface area contributed by atoms with Crippen LogP contribution in [0.4, 0.5) is 0 Å². The van der Waals surface area contributed by atoms with Gasteiger partial charge < -0.3 is 16.6 Å². The summed E-state index contributed by atoms with van der Waals surface area (Å²) < 4.78 is 0. The summed E-state index contributed by atoms with van der Waals surface area (Å²) in [6, 6.07) is -1.06. The summed E-state index contributed by atoms with van der Waals surface area (Å²) in [7, 11) is 0. The molecular formula is C13H21N3O2. The van der Waals surface area contributed by atoms with Crippen LogP contribution >= 0.6 is 0 Å². The van der Waals surface area contributed by atoms with Crippen molar-refractivity contribution in [1.82, 2.24) is 0 Å². The Morgan fingerprint density at radius 3 is 2.06 bits per heavy atom. The van der Waals surface area contributed by atoms with Crippen molar-refractivity contribution in [1.29, 1.82) is 0 Å². The van der Waals surface area contributed by atoms with Crippen LogP contribution in [0.3, 0.4) is 0 Å². The first-order valence-electron chi connectivity index (χ1n) is 5.87. The highest BCUT2D eigenvalue weighted by atomic mass is 16.4. The minimum atomic E-state index is -1.09. The molecule has 5 nitrogen and oxygen atoms in total. The van der Waals surface area contributed by atoms with E-state index in [2.05, 4.69) is 4.99 Å². The number of aliphatic carboxylic acids is 1. The second-order valence-electron chi connectivity index (χ2n) is 3.62. The van der Waals surface area contributed by atoms with E-state index in [4.69, 9.17) is 16.6 Å². The third-order valence-electron chi connectivity index (χ3n) is 1.98. The topological polar surface area (TPSA) is 102 Å². The van der Waals surface area contributed by atoms with Gasteiger partial charge in [-0.05, 0) is 24.5 Å². The first-order valence-corrected chi connectivity index (χ1v) is 5.87. The number of nitrogens with zero attached hydrogens (tertiary/aromatic N) is 1. The highest BCUT2D eigenvalue weighted by molar-refractivity contribution is 5.83. The van der Waals surface area contributed by atoms with Gasteiger partial charge in [0.2, 0.25) is 0 Å². The van der Waals surface area contributed by atoms with Crippen molar-refractivity contribution in [2.75, 3.05) is 0 Å². The summed E-state index contributed by atoms with van der Waals surface area (Å²) >= 11 is 0. The number of guanidine groups is 1. The van der Waals surface area contributed by atoms with Crippen molar-refractivity contribution in [3.63, 3.8) is 0 Å². The molecule has 0 aromatic rings. The predicted octanol–water partition coefficient (Wildman–Crippen LogP) is 1.57. The molecular weight excluding hydrogens is 230 g/mol. The van der Waals surface area contributed by atoms with E-state index < -0.39 is 12.0 Å². The second kappa shape index (κ2) is 9.04. The van der Waals surface area contributed by atoms with E-state index in [1.54, 1.807) is 0 Å². The van der Waals surface area contributed by atoms with Gasteiger partial charge in [0, 0.05) is 0 Å². The van der Waals surface area contributed by atoms with Crippen molar-refractivity contribution < 1.29 is 9.90 Å². The SMILES string of the molecule is CC/C=C\C(=CC(N=C(N)N)C(=O)O)/C=C/CC. The molecule has 0 aromatic heterocycles. The number of carboxylic acids is 1. The first kappa shape index (κ1) is 16.0. The maximum atomic E-state index is 11.0. The summed E-state index contributed by atoms with van der Waals surface area (Å²) in [6.07, 6.45) is 10.9. The Balaban J connectivity index is 5.19. The Hall–Kier alpha value is -2.04. The lowest BCUT2D eigenvalue weighted by Crippen LogP contribution is -2.28. The number of hydrogen-bond acceptors (Lipinski definition) is 2. The minimum Gasteiger partial charge on any atom is -0.479 e. The van der Waals surface area contributed by atoms with E-state index in [-0.39, 0.29) is 5.96 Å². The Labute approximate surface area is 108 Å². The lowest BCUT2D eigenvalue weighted by atomic mass is 10.1. The van der Waals surface area contributed by atoms with Crippen molar-refractivity contribution in [2.45, 2.75) is 32.7 Å². The predicted molar refractivity (Wildman–Crippen MR) is 74.2 cm³/mol. The maximum absolute atomic E-state index is 11.0. The Kier molecular flexibility index (Phi) is 8.01. The zero-order valence-electron chi connectivity index (χ0n) is 10.8. The molecule has 1 atom stereocenters. The molecule has 5 heteroatoms. The van der Waals surface area contributed by atoms with Gasteiger partial charge in [0.05, 0.1) is 0 Å². The minimum absolute atomic E-state index is 0.239. The Morgan fingerprint density at radius 2 is 1.72 bits per heavy atom. The van der Waals surface area contributed by atoms with Gasteiger partial charge in [0.15, 0.2) is 12.0 Å². The van der Waals surface area contributed by atoms with Crippen molar-refractivity contribution in [3.8, 4) is 0 Å². The molecule has 0 aliphatic rings. The van der Waals surface area contributed by atoms with Gasteiger partial charge in [0.25, 0.3) is 0 Å². The van der Waals surface area contributed by atoms with Crippen LogP contribution in [0.25, 0.3) is 0 Å². The average Bonchev–Trinajstić information content (AvgIpc) is 2.30. The summed E-state index contributed by atoms with van der Waals surface area (Å²) in [4.78, 5) is 14.7. The molecule has 0 fully saturated rings. The molecule has 0 bridgehead atoms. The fourth-order valence-corrected chi connectivity index (χ4v) is 1.18. The molecule has 0 heterocycles. The first-order chi connectivity index (χ1) is 8.51. The molecule has 0 aliphatic heterocycles. The molecule has 0 aromatic carbocycles. The molecule has 0 spiro atoms. The zero-order chi connectivity index (χ0) is 14.0. The monoisotopic (exact) mass is 251 g/mol. The van der Waals surface area contributed by atoms with E-state index in [1.807, 2.05) is 38.2 Å². The van der Waals surface area contributed by atoms with Crippen LogP contribution in [0.15, 0.2) is 40.9 Å². The molecule has 1 unspecified atom stereocenters. The molecule has 0 saturated carbocycles. The molecule has 0 amide bonds. The number of rotatable bonds is 7. The van der Waals surface area contributed by atoms with E-state index in [0.29, 0.717) is 0 Å². The van der Waals surface area contributed by atoms with Gasteiger partial charge in [-0.15, -0.1) is 0 Å². The summed E-state index contributed by atoms with van der Waals surface area (Å²) in [5, 5.41) is 9.01. The van der Waals surface area contributed by atoms with Gasteiger partial charge >= 0.3 is 5.97 Å². The largest absolute Gasteiger partial charge is 0.479 e. The number of carboxylic acid groups (broad SMARTS) is 1. The maximum Gasteiger partial charge on any atom is 0.332 e. The molecule has 0 saturated heterocycles. The number of aliphatic imine (C=N–C) groups is 1. The fourth-order valence-electron chi connectivity index (χ4n) is 1.18. The van der Waals surface area contributed by atoms with E-state index in [0.717, 1.165) is 18.4 Å². The van der Waals surface area contributed by atoms with E-state index in [9.17, 15) is 4.79 Å². The third-order valence-corrected chi connectivity index (χ3v) is 1.98. The van der Waals surface area contributed by atoms with Crippen LogP contribution in [-0.4, -0.2) is 23.1 Å². The highest BCUT2D eigenvalue weighted by Crippen LogP contribution is 2.06. The van der Waals surface area contributed by atoms with Crippen LogP contribution in [0.1, 0.15) is 26.7 Å². The lowest BCUT2D eigenvalue weighted by Gasteiger charge is -2.04. The van der Waals surface area contributed by atoms with Crippen molar-refractivity contribution in [2.24, 2.45) is 16.5 Å². The fraction of sp³-hybridized carbons (Fsp3) is 0.385. The van der Waals surface area contributed by atoms with Gasteiger partial charge in [-0.1, -0.05) is 38.2 Å². The Bertz CT molecular complexity index is 362. The quantitative estimate of drug-likeness (QED) is 0.363. The van der Waals surface area contributed by atoms with Crippen LogP contribution < -0.4 is 11.5 Å². The summed E-state index contributed by atoms with van der Waals surface area (Å²) in [5.41, 5.74) is 11.2. The van der Waals surface area contributed by atoms with Gasteiger partial charge in [-0.3, -0.25) is 0 Å². The smallest absolute Gasteiger partial charge is 0.332 e. The van der Waals surface area contributed by atoms with Crippen LogP contribution in [0.5, 0.6) is 0 Å². The zero-order valence-corrected chi connectivity index (χ0v) is 10.8. The average molecular weight is 251 g/mol. The number of hydrogen-bond donors (Lipinski definition) is 3. The van der Waals surface area contributed by atoms with Crippen molar-refractivity contribution >= 4 is 11.9 Å². The summed E-state index contributed by atoms with van der Waals surface area (Å²) in [5.74, 6) is -1.33. The number of carbonyl (C=O) groups is 1. The van der Waals surface area contributed by atoms with E-state index in [1.165, 1.54) is 6.08 Å². The lowest BCUT2D eigenvalue weighted by molar-refractivity contribution is -0.137. The standard InChI is InChI=1S/C13H21N3O2/c1-3-5-7-10(8-6-4-2)9-11(12(17)18)16-13(14)15/h5-9,11H,3-4H2,1-2H3,(H,17,18)(H4,14,15,16)/b7-5-,8-6+,10-9?. The second-order valence-corrected chi connectivity index (χ2v) is 3.62. The molecule has 0 radical (unpaired) electrons. The van der Waals surface area contributed by atoms with Gasteiger partial charge in [0.1, 0.15) is 0 Å². The number of allylic oxidation sites excluding steroid dienone is 5. The Morgan fingerprint density at radius 1 is 1.22 bits per heavy atom.